The van der Waals surface area contributed by atoms with Crippen LogP contribution in [0.4, 0.5) is 11.4 Å². The fourth-order valence-electron chi connectivity index (χ4n) is 2.82. The fraction of sp³-hybridized carbons (Fsp3) is 0.150. The predicted molar refractivity (Wildman–Crippen MR) is 101 cm³/mol. The van der Waals surface area contributed by atoms with Gasteiger partial charge in [0.25, 0.3) is 0 Å². The summed E-state index contributed by atoms with van der Waals surface area (Å²) in [5.74, 6) is 0. The Morgan fingerprint density at radius 3 is 2.75 bits per heavy atom. The zero-order valence-corrected chi connectivity index (χ0v) is 13.8. The molecule has 3 rings (SSSR count). The number of fused-ring (bicyclic) bond motifs is 1. The Morgan fingerprint density at radius 2 is 2.00 bits per heavy atom. The third-order valence-electron chi connectivity index (χ3n) is 3.94. The van der Waals surface area contributed by atoms with Gasteiger partial charge in [0.1, 0.15) is 0 Å². The van der Waals surface area contributed by atoms with E-state index in [1.165, 1.54) is 0 Å². The van der Waals surface area contributed by atoms with Crippen molar-refractivity contribution in [1.82, 2.24) is 4.98 Å². The van der Waals surface area contributed by atoms with E-state index in [4.69, 9.17) is 15.6 Å². The number of nitrogens with one attached hydrogen (secondary N) is 1. The van der Waals surface area contributed by atoms with E-state index in [1.807, 2.05) is 42.5 Å². The highest BCUT2D eigenvalue weighted by Crippen LogP contribution is 2.34. The monoisotopic (exact) mass is 319 g/mol. The lowest BCUT2D eigenvalue weighted by Gasteiger charge is -2.13. The highest BCUT2D eigenvalue weighted by atomic mass is 16.6. The van der Waals surface area contributed by atoms with Gasteiger partial charge in [-0.05, 0) is 42.7 Å². The van der Waals surface area contributed by atoms with Crippen LogP contribution in [-0.4, -0.2) is 12.1 Å². The summed E-state index contributed by atoms with van der Waals surface area (Å²) in [5.41, 5.74) is 14.7. The van der Waals surface area contributed by atoms with Crippen LogP contribution in [-0.2, 0) is 11.3 Å². The molecule has 0 saturated heterocycles. The van der Waals surface area contributed by atoms with Crippen LogP contribution in [0.5, 0.6) is 0 Å². The van der Waals surface area contributed by atoms with Crippen molar-refractivity contribution in [1.29, 1.82) is 0 Å². The second kappa shape index (κ2) is 7.15. The molecule has 122 valence electrons. The highest BCUT2D eigenvalue weighted by Gasteiger charge is 2.11. The molecule has 24 heavy (non-hydrogen) atoms. The molecule has 0 aliphatic heterocycles. The van der Waals surface area contributed by atoms with Gasteiger partial charge >= 0.3 is 0 Å². The Morgan fingerprint density at radius 1 is 1.17 bits per heavy atom. The number of hydrogen-bond donors (Lipinski definition) is 2. The smallest absolute Gasteiger partial charge is 0.0711 e. The molecule has 0 fully saturated rings. The summed E-state index contributed by atoms with van der Waals surface area (Å²) in [4.78, 5) is 9.69. The number of nitrogens with two attached hydrogens (primary N) is 1. The molecule has 0 aliphatic carbocycles. The molecular formula is C20H21N3O. The summed E-state index contributed by atoms with van der Waals surface area (Å²) in [5, 5.41) is 1.10. The first-order chi connectivity index (χ1) is 11.7. The number of pyridine rings is 1. The van der Waals surface area contributed by atoms with E-state index < -0.39 is 0 Å². The Kier molecular flexibility index (Phi) is 4.77. The van der Waals surface area contributed by atoms with Crippen molar-refractivity contribution >= 4 is 22.3 Å². The fourth-order valence-corrected chi connectivity index (χ4v) is 2.82. The topological polar surface area (TPSA) is 60.2 Å². The normalized spacial score (nSPS) is 10.7. The largest absolute Gasteiger partial charge is 0.398 e. The summed E-state index contributed by atoms with van der Waals surface area (Å²) < 4.78 is 0. The molecule has 3 aromatic rings. The number of rotatable bonds is 6. The van der Waals surface area contributed by atoms with Crippen molar-refractivity contribution in [2.24, 2.45) is 0 Å². The third kappa shape index (κ3) is 3.24. The summed E-state index contributed by atoms with van der Waals surface area (Å²) in [7, 11) is 1.58. The molecule has 0 bridgehead atoms. The van der Waals surface area contributed by atoms with Crippen LogP contribution in [0.15, 0.2) is 61.2 Å². The van der Waals surface area contributed by atoms with Gasteiger partial charge in [-0.15, -0.1) is 6.58 Å². The molecule has 1 heterocycles. The van der Waals surface area contributed by atoms with Crippen molar-refractivity contribution in [2.75, 3.05) is 18.3 Å². The summed E-state index contributed by atoms with van der Waals surface area (Å²) in [6, 6.07) is 16.1. The number of hydrogen-bond acceptors (Lipinski definition) is 4. The van der Waals surface area contributed by atoms with Crippen molar-refractivity contribution in [2.45, 2.75) is 12.8 Å². The van der Waals surface area contributed by atoms with E-state index in [1.54, 1.807) is 7.11 Å². The highest BCUT2D eigenvalue weighted by molar-refractivity contribution is 5.98. The van der Waals surface area contributed by atoms with E-state index in [0.29, 0.717) is 5.69 Å². The first-order valence-electron chi connectivity index (χ1n) is 7.91. The first-order valence-corrected chi connectivity index (χ1v) is 7.91. The second-order valence-corrected chi connectivity index (χ2v) is 5.61. The summed E-state index contributed by atoms with van der Waals surface area (Å²) in [6.45, 7) is 3.79. The van der Waals surface area contributed by atoms with E-state index >= 15 is 0 Å². The van der Waals surface area contributed by atoms with Crippen molar-refractivity contribution in [3.8, 4) is 11.1 Å². The third-order valence-corrected chi connectivity index (χ3v) is 3.94. The van der Waals surface area contributed by atoms with Gasteiger partial charge in [0, 0.05) is 22.3 Å². The van der Waals surface area contributed by atoms with Crippen molar-refractivity contribution < 1.29 is 4.84 Å². The maximum Gasteiger partial charge on any atom is 0.0711 e. The maximum absolute atomic E-state index is 6.29. The van der Waals surface area contributed by atoms with Crippen LogP contribution in [0.3, 0.4) is 0 Å². The quantitative estimate of drug-likeness (QED) is 0.397. The molecule has 0 saturated carbocycles. The Balaban J connectivity index is 2.15. The number of para-hydroxylation sites is 1. The molecule has 0 radical (unpaired) electrons. The van der Waals surface area contributed by atoms with Gasteiger partial charge < -0.3 is 5.73 Å². The molecule has 0 unspecified atom stereocenters. The minimum absolute atomic E-state index is 0.697. The number of benzene rings is 2. The van der Waals surface area contributed by atoms with E-state index in [9.17, 15) is 0 Å². The van der Waals surface area contributed by atoms with E-state index in [2.05, 4.69) is 24.2 Å². The van der Waals surface area contributed by atoms with Gasteiger partial charge in [-0.2, -0.15) is 0 Å². The average Bonchev–Trinajstić information content (AvgIpc) is 2.60. The number of nitrogen functional groups attached to an aromatic ring is 1. The number of nitrogens with zero attached hydrogens (tertiary/aromatic N) is 1. The lowest BCUT2D eigenvalue weighted by molar-refractivity contribution is 0.271. The van der Waals surface area contributed by atoms with Gasteiger partial charge in [0.15, 0.2) is 0 Å². The van der Waals surface area contributed by atoms with E-state index in [-0.39, 0.29) is 0 Å². The molecular weight excluding hydrogens is 298 g/mol. The Labute approximate surface area is 141 Å². The average molecular weight is 319 g/mol. The van der Waals surface area contributed by atoms with Crippen molar-refractivity contribution in [3.63, 3.8) is 0 Å². The summed E-state index contributed by atoms with van der Waals surface area (Å²) in [6.07, 6.45) is 3.68. The van der Waals surface area contributed by atoms with Crippen LogP contribution in [0.25, 0.3) is 22.0 Å². The van der Waals surface area contributed by atoms with Gasteiger partial charge in [-0.3, -0.25) is 15.3 Å². The predicted octanol–water partition coefficient (Wildman–Crippen LogP) is 4.58. The zero-order chi connectivity index (χ0) is 16.9. The molecule has 1 aromatic heterocycles. The molecule has 0 spiro atoms. The Bertz CT molecular complexity index is 874. The van der Waals surface area contributed by atoms with Crippen LogP contribution in [0, 0.1) is 0 Å². The standard InChI is InChI=1S/C20H21N3O/c1-3-4-7-14-12-18(17-8-5-6-9-20(17)22-14)16-11-10-15(23-24-2)13-19(16)21/h3,5-6,8-13,23H,1,4,7,21H2,2H3. The lowest BCUT2D eigenvalue weighted by atomic mass is 9.97. The van der Waals surface area contributed by atoms with Gasteiger partial charge in [0.05, 0.1) is 18.3 Å². The molecule has 4 heteroatoms. The van der Waals surface area contributed by atoms with Crippen LogP contribution >= 0.6 is 0 Å². The SMILES string of the molecule is C=CCCc1cc(-c2ccc(NOC)cc2N)c2ccccc2n1. The van der Waals surface area contributed by atoms with Gasteiger partial charge in [-0.25, -0.2) is 0 Å². The molecule has 4 nitrogen and oxygen atoms in total. The van der Waals surface area contributed by atoms with Crippen LogP contribution in [0.2, 0.25) is 0 Å². The molecule has 0 atom stereocenters. The number of aryl methyl sites for hydroxylation is 1. The molecule has 3 N–H and O–H groups in total. The van der Waals surface area contributed by atoms with Gasteiger partial charge in [0.2, 0.25) is 0 Å². The molecule has 2 aromatic carbocycles. The number of aromatic nitrogens is 1. The van der Waals surface area contributed by atoms with Crippen molar-refractivity contribution in [3.05, 3.63) is 66.9 Å². The maximum atomic E-state index is 6.29. The molecule has 0 amide bonds. The first kappa shape index (κ1) is 16.0. The lowest BCUT2D eigenvalue weighted by Crippen LogP contribution is -1.99. The van der Waals surface area contributed by atoms with E-state index in [0.717, 1.165) is 46.3 Å². The minimum atomic E-state index is 0.697. The van der Waals surface area contributed by atoms with Gasteiger partial charge in [-0.1, -0.05) is 30.3 Å². The number of allylic oxidation sites excluding steroid dienone is 1. The summed E-state index contributed by atoms with van der Waals surface area (Å²) >= 11 is 0. The van der Waals surface area contributed by atoms with Crippen LogP contribution in [0.1, 0.15) is 12.1 Å². The Hall–Kier alpha value is -2.85. The second-order valence-electron chi connectivity index (χ2n) is 5.61. The molecule has 0 aliphatic rings. The number of anilines is 2. The minimum Gasteiger partial charge on any atom is -0.398 e. The zero-order valence-electron chi connectivity index (χ0n) is 13.8. The van der Waals surface area contributed by atoms with Crippen LogP contribution < -0.4 is 11.2 Å².